The fourth-order valence-corrected chi connectivity index (χ4v) is 4.64. The standard InChI is InChI=1S/C22H21NO3/c24-14-26-16-10-11-17-19(12-16)23-13-25-20-9-5-4-8-18(20)22(23)21(17)15-6-2-1-3-7-15/h4-5,8-12,14-15H,1-3,6-7,13H2. The Hall–Kier alpha value is -2.75. The van der Waals surface area contributed by atoms with Crippen molar-refractivity contribution in [1.29, 1.82) is 0 Å². The lowest BCUT2D eigenvalue weighted by Crippen LogP contribution is -2.14. The van der Waals surface area contributed by atoms with Crippen LogP contribution in [0.3, 0.4) is 0 Å². The molecule has 2 aliphatic rings. The molecule has 0 spiro atoms. The lowest BCUT2D eigenvalue weighted by Gasteiger charge is -2.26. The molecule has 0 radical (unpaired) electrons. The molecule has 0 atom stereocenters. The summed E-state index contributed by atoms with van der Waals surface area (Å²) in [6.07, 6.45) is 6.40. The van der Waals surface area contributed by atoms with Crippen molar-refractivity contribution in [2.45, 2.75) is 44.8 Å². The van der Waals surface area contributed by atoms with Gasteiger partial charge < -0.3 is 14.0 Å². The number of nitrogens with zero attached hydrogens (tertiary/aromatic N) is 1. The summed E-state index contributed by atoms with van der Waals surface area (Å²) < 4.78 is 13.3. The zero-order valence-electron chi connectivity index (χ0n) is 14.6. The van der Waals surface area contributed by atoms with Crippen LogP contribution < -0.4 is 9.47 Å². The molecule has 2 heterocycles. The summed E-state index contributed by atoms with van der Waals surface area (Å²) in [6, 6.07) is 14.2. The highest BCUT2D eigenvalue weighted by molar-refractivity contribution is 5.95. The predicted molar refractivity (Wildman–Crippen MR) is 101 cm³/mol. The minimum absolute atomic E-state index is 0.481. The second-order valence-electron chi connectivity index (χ2n) is 7.19. The maximum Gasteiger partial charge on any atom is 0.298 e. The second-order valence-corrected chi connectivity index (χ2v) is 7.19. The van der Waals surface area contributed by atoms with Gasteiger partial charge in [0.2, 0.25) is 0 Å². The van der Waals surface area contributed by atoms with Crippen molar-refractivity contribution in [1.82, 2.24) is 4.57 Å². The van der Waals surface area contributed by atoms with Gasteiger partial charge in [-0.3, -0.25) is 4.79 Å². The fraction of sp³-hybridized carbons (Fsp3) is 0.318. The van der Waals surface area contributed by atoms with Crippen LogP contribution in [0.15, 0.2) is 42.5 Å². The quantitative estimate of drug-likeness (QED) is 0.608. The largest absolute Gasteiger partial charge is 0.472 e. The third-order valence-corrected chi connectivity index (χ3v) is 5.76. The zero-order chi connectivity index (χ0) is 17.5. The van der Waals surface area contributed by atoms with E-state index in [1.54, 1.807) is 0 Å². The van der Waals surface area contributed by atoms with Crippen molar-refractivity contribution >= 4 is 17.4 Å². The molecule has 1 saturated carbocycles. The van der Waals surface area contributed by atoms with Gasteiger partial charge in [0.25, 0.3) is 6.47 Å². The van der Waals surface area contributed by atoms with Crippen molar-refractivity contribution in [3.05, 3.63) is 48.0 Å². The Balaban J connectivity index is 1.79. The molecule has 1 aliphatic carbocycles. The Morgan fingerprint density at radius 3 is 2.77 bits per heavy atom. The Labute approximate surface area is 152 Å². The summed E-state index contributed by atoms with van der Waals surface area (Å²) in [5.74, 6) is 2.09. The molecule has 1 aromatic heterocycles. The molecule has 0 bridgehead atoms. The highest BCUT2D eigenvalue weighted by atomic mass is 16.5. The van der Waals surface area contributed by atoms with Gasteiger partial charge in [-0.25, -0.2) is 0 Å². The van der Waals surface area contributed by atoms with E-state index in [9.17, 15) is 4.79 Å². The molecular formula is C22H21NO3. The van der Waals surface area contributed by atoms with Crippen molar-refractivity contribution in [3.63, 3.8) is 0 Å². The maximum atomic E-state index is 10.8. The Kier molecular flexibility index (Phi) is 3.70. The van der Waals surface area contributed by atoms with Crippen molar-refractivity contribution < 1.29 is 14.3 Å². The summed E-state index contributed by atoms with van der Waals surface area (Å²) >= 11 is 0. The maximum absolute atomic E-state index is 10.8. The van der Waals surface area contributed by atoms with Gasteiger partial charge in [0.15, 0.2) is 6.73 Å². The van der Waals surface area contributed by atoms with E-state index in [2.05, 4.69) is 22.8 Å². The van der Waals surface area contributed by atoms with Gasteiger partial charge in [0, 0.05) is 17.0 Å². The first-order chi connectivity index (χ1) is 12.9. The molecule has 132 valence electrons. The lowest BCUT2D eigenvalue weighted by molar-refractivity contribution is -0.120. The highest BCUT2D eigenvalue weighted by Gasteiger charge is 2.30. The Morgan fingerprint density at radius 2 is 1.92 bits per heavy atom. The topological polar surface area (TPSA) is 40.5 Å². The summed E-state index contributed by atoms with van der Waals surface area (Å²) in [5.41, 5.74) is 4.95. The summed E-state index contributed by atoms with van der Waals surface area (Å²) in [6.45, 7) is 0.967. The molecule has 3 aromatic rings. The fourth-order valence-electron chi connectivity index (χ4n) is 4.64. The summed E-state index contributed by atoms with van der Waals surface area (Å²) in [4.78, 5) is 10.8. The van der Waals surface area contributed by atoms with E-state index < -0.39 is 0 Å². The van der Waals surface area contributed by atoms with Gasteiger partial charge in [-0.2, -0.15) is 0 Å². The van der Waals surface area contributed by atoms with Crippen molar-refractivity contribution in [2.24, 2.45) is 0 Å². The van der Waals surface area contributed by atoms with Crippen LogP contribution >= 0.6 is 0 Å². The third-order valence-electron chi connectivity index (χ3n) is 5.76. The number of para-hydroxylation sites is 1. The summed E-state index contributed by atoms with van der Waals surface area (Å²) in [7, 11) is 0. The number of benzene rings is 2. The molecular weight excluding hydrogens is 326 g/mol. The van der Waals surface area contributed by atoms with E-state index >= 15 is 0 Å². The highest BCUT2D eigenvalue weighted by Crippen LogP contribution is 2.48. The van der Waals surface area contributed by atoms with E-state index in [4.69, 9.17) is 9.47 Å². The van der Waals surface area contributed by atoms with E-state index in [-0.39, 0.29) is 0 Å². The molecule has 4 heteroatoms. The second kappa shape index (κ2) is 6.20. The number of rotatable bonds is 3. The molecule has 1 aliphatic heterocycles. The number of hydrogen-bond acceptors (Lipinski definition) is 3. The van der Waals surface area contributed by atoms with E-state index in [1.807, 2.05) is 24.3 Å². The van der Waals surface area contributed by atoms with Crippen LogP contribution in [0, 0.1) is 0 Å². The van der Waals surface area contributed by atoms with Crippen molar-refractivity contribution in [2.75, 3.05) is 0 Å². The van der Waals surface area contributed by atoms with E-state index in [1.165, 1.54) is 48.7 Å². The monoisotopic (exact) mass is 347 g/mol. The van der Waals surface area contributed by atoms with E-state index in [0.29, 0.717) is 24.9 Å². The average molecular weight is 347 g/mol. The van der Waals surface area contributed by atoms with Crippen molar-refractivity contribution in [3.8, 4) is 22.8 Å². The van der Waals surface area contributed by atoms with Gasteiger partial charge in [0.1, 0.15) is 11.5 Å². The lowest BCUT2D eigenvalue weighted by atomic mass is 9.81. The molecule has 0 amide bonds. The third kappa shape index (κ3) is 2.32. The number of fused-ring (bicyclic) bond motifs is 5. The molecule has 0 unspecified atom stereocenters. The Bertz CT molecular complexity index is 982. The Morgan fingerprint density at radius 1 is 1.08 bits per heavy atom. The van der Waals surface area contributed by atoms with Crippen LogP contribution in [0.4, 0.5) is 0 Å². The van der Waals surface area contributed by atoms with Gasteiger partial charge >= 0.3 is 0 Å². The molecule has 1 fully saturated rings. The van der Waals surface area contributed by atoms with Gasteiger partial charge in [-0.05, 0) is 48.6 Å². The zero-order valence-corrected chi connectivity index (χ0v) is 14.6. The average Bonchev–Trinajstić information content (AvgIpc) is 3.03. The van der Waals surface area contributed by atoms with Crippen LogP contribution in [0.2, 0.25) is 0 Å². The SMILES string of the molecule is O=COc1ccc2c(C3CCCCC3)c3n(c2c1)COc1ccccc1-3. The first kappa shape index (κ1) is 15.5. The molecule has 0 saturated heterocycles. The molecule has 26 heavy (non-hydrogen) atoms. The van der Waals surface area contributed by atoms with Crippen LogP contribution in [0.1, 0.15) is 43.6 Å². The predicted octanol–water partition coefficient (Wildman–Crippen LogP) is 5.24. The minimum atomic E-state index is 0.481. The molecule has 5 rings (SSSR count). The number of aromatic nitrogens is 1. The van der Waals surface area contributed by atoms with E-state index in [0.717, 1.165) is 16.8 Å². The smallest absolute Gasteiger partial charge is 0.298 e. The molecule has 0 N–H and O–H groups in total. The first-order valence-corrected chi connectivity index (χ1v) is 9.35. The first-order valence-electron chi connectivity index (χ1n) is 9.35. The van der Waals surface area contributed by atoms with Crippen LogP contribution in [-0.2, 0) is 11.5 Å². The minimum Gasteiger partial charge on any atom is -0.472 e. The van der Waals surface area contributed by atoms with Gasteiger partial charge in [-0.1, -0.05) is 31.4 Å². The van der Waals surface area contributed by atoms with Gasteiger partial charge in [-0.15, -0.1) is 0 Å². The van der Waals surface area contributed by atoms with Crippen LogP contribution in [0.5, 0.6) is 11.5 Å². The number of carbonyl (C=O) groups excluding carboxylic acids is 1. The van der Waals surface area contributed by atoms with Crippen LogP contribution in [-0.4, -0.2) is 11.0 Å². The summed E-state index contributed by atoms with van der Waals surface area (Å²) in [5, 5.41) is 1.26. The van der Waals surface area contributed by atoms with Gasteiger partial charge in [0.05, 0.1) is 11.2 Å². The normalized spacial score (nSPS) is 16.6. The van der Waals surface area contributed by atoms with Crippen LogP contribution in [0.25, 0.3) is 22.2 Å². The molecule has 4 nitrogen and oxygen atoms in total. The number of hydrogen-bond donors (Lipinski definition) is 0. The number of carbonyl (C=O) groups is 1. The number of ether oxygens (including phenoxy) is 2. The molecule has 2 aromatic carbocycles.